The van der Waals surface area contributed by atoms with Gasteiger partial charge in [-0.05, 0) is 23.5 Å². The Kier molecular flexibility index (Phi) is 3.13. The van der Waals surface area contributed by atoms with E-state index in [0.717, 1.165) is 6.42 Å². The van der Waals surface area contributed by atoms with Crippen molar-refractivity contribution >= 4 is 6.03 Å². The van der Waals surface area contributed by atoms with Crippen molar-refractivity contribution in [2.75, 3.05) is 6.54 Å². The molecule has 0 saturated carbocycles. The molecule has 0 radical (unpaired) electrons. The maximum atomic E-state index is 11.0. The first-order chi connectivity index (χ1) is 7.65. The molecule has 0 aromatic heterocycles. The number of urea groups is 1. The van der Waals surface area contributed by atoms with Crippen LogP contribution in [-0.4, -0.2) is 12.6 Å². The summed E-state index contributed by atoms with van der Waals surface area (Å²) in [6, 6.07) is 8.57. The second-order valence-electron chi connectivity index (χ2n) is 4.75. The Morgan fingerprint density at radius 2 is 2.00 bits per heavy atom. The Balaban J connectivity index is 2.04. The summed E-state index contributed by atoms with van der Waals surface area (Å²) >= 11 is 0. The molecule has 1 heterocycles. The maximum Gasteiger partial charge on any atom is 0.315 e. The molecule has 2 amide bonds. The van der Waals surface area contributed by atoms with Crippen LogP contribution in [0.4, 0.5) is 4.79 Å². The van der Waals surface area contributed by atoms with Crippen LogP contribution in [0.15, 0.2) is 24.3 Å². The van der Waals surface area contributed by atoms with E-state index in [4.69, 9.17) is 0 Å². The monoisotopic (exact) mass is 218 g/mol. The highest BCUT2D eigenvalue weighted by atomic mass is 16.2. The predicted octanol–water partition coefficient (Wildman–Crippen LogP) is 2.24. The summed E-state index contributed by atoms with van der Waals surface area (Å²) in [4.78, 5) is 11.0. The molecule has 1 unspecified atom stereocenters. The Morgan fingerprint density at radius 1 is 1.31 bits per heavy atom. The molecule has 0 bridgehead atoms. The zero-order valence-electron chi connectivity index (χ0n) is 9.79. The molecule has 2 rings (SSSR count). The summed E-state index contributed by atoms with van der Waals surface area (Å²) in [7, 11) is 0. The van der Waals surface area contributed by atoms with Crippen LogP contribution in [0.5, 0.6) is 0 Å². The molecule has 86 valence electrons. The molecule has 3 heteroatoms. The first kappa shape index (κ1) is 11.0. The lowest BCUT2D eigenvalue weighted by Crippen LogP contribution is -2.21. The third kappa shape index (κ3) is 2.54. The van der Waals surface area contributed by atoms with Gasteiger partial charge in [0.05, 0.1) is 6.04 Å². The lowest BCUT2D eigenvalue weighted by Gasteiger charge is -2.10. The van der Waals surface area contributed by atoms with Gasteiger partial charge in [-0.25, -0.2) is 4.79 Å². The molecule has 1 aliphatic heterocycles. The van der Waals surface area contributed by atoms with E-state index in [0.29, 0.717) is 12.5 Å². The third-order valence-corrected chi connectivity index (χ3v) is 2.80. The van der Waals surface area contributed by atoms with Crippen molar-refractivity contribution in [3.05, 3.63) is 35.4 Å². The van der Waals surface area contributed by atoms with E-state index >= 15 is 0 Å². The molecule has 1 aromatic rings. The van der Waals surface area contributed by atoms with Gasteiger partial charge in [-0.15, -0.1) is 0 Å². The number of rotatable bonds is 3. The van der Waals surface area contributed by atoms with Gasteiger partial charge < -0.3 is 10.6 Å². The minimum Gasteiger partial charge on any atom is -0.336 e. The highest BCUT2D eigenvalue weighted by molar-refractivity contribution is 5.76. The van der Waals surface area contributed by atoms with Gasteiger partial charge in [0.1, 0.15) is 0 Å². The van der Waals surface area contributed by atoms with Crippen LogP contribution in [0, 0.1) is 5.92 Å². The van der Waals surface area contributed by atoms with Crippen LogP contribution in [0.3, 0.4) is 0 Å². The van der Waals surface area contributed by atoms with Crippen LogP contribution in [0.1, 0.15) is 31.0 Å². The van der Waals surface area contributed by atoms with Crippen molar-refractivity contribution in [1.29, 1.82) is 0 Å². The lowest BCUT2D eigenvalue weighted by atomic mass is 10.00. The van der Waals surface area contributed by atoms with E-state index < -0.39 is 0 Å². The topological polar surface area (TPSA) is 41.1 Å². The highest BCUT2D eigenvalue weighted by Crippen LogP contribution is 2.17. The largest absolute Gasteiger partial charge is 0.336 e. The molecule has 1 saturated heterocycles. The van der Waals surface area contributed by atoms with Crippen molar-refractivity contribution in [2.24, 2.45) is 5.92 Å². The number of hydrogen-bond acceptors (Lipinski definition) is 1. The van der Waals surface area contributed by atoms with Crippen LogP contribution >= 0.6 is 0 Å². The number of carbonyl (C=O) groups is 1. The number of nitrogens with one attached hydrogen (secondary N) is 2. The first-order valence-corrected chi connectivity index (χ1v) is 5.78. The molecule has 0 aliphatic carbocycles. The van der Waals surface area contributed by atoms with Gasteiger partial charge in [-0.3, -0.25) is 0 Å². The van der Waals surface area contributed by atoms with Crippen molar-refractivity contribution in [1.82, 2.24) is 10.6 Å². The summed E-state index contributed by atoms with van der Waals surface area (Å²) in [5, 5.41) is 5.65. The summed E-state index contributed by atoms with van der Waals surface area (Å²) in [5.74, 6) is 0.679. The van der Waals surface area contributed by atoms with Gasteiger partial charge in [-0.2, -0.15) is 0 Å². The fraction of sp³-hybridized carbons (Fsp3) is 0.462. The summed E-state index contributed by atoms with van der Waals surface area (Å²) in [6.07, 6.45) is 1.11. The highest BCUT2D eigenvalue weighted by Gasteiger charge is 2.20. The van der Waals surface area contributed by atoms with Gasteiger partial charge in [0, 0.05) is 6.54 Å². The average Bonchev–Trinajstić information content (AvgIpc) is 2.65. The van der Waals surface area contributed by atoms with Crippen molar-refractivity contribution < 1.29 is 4.79 Å². The lowest BCUT2D eigenvalue weighted by molar-refractivity contribution is 0.247. The summed E-state index contributed by atoms with van der Waals surface area (Å²) in [5.41, 5.74) is 2.53. The molecule has 16 heavy (non-hydrogen) atoms. The van der Waals surface area contributed by atoms with Gasteiger partial charge >= 0.3 is 6.03 Å². The molecule has 0 spiro atoms. The average molecular weight is 218 g/mol. The van der Waals surface area contributed by atoms with Crippen LogP contribution in [0.25, 0.3) is 0 Å². The molecular formula is C13H18N2O. The van der Waals surface area contributed by atoms with E-state index in [-0.39, 0.29) is 12.1 Å². The number of amides is 2. The molecule has 1 aromatic carbocycles. The minimum absolute atomic E-state index is 0.0729. The van der Waals surface area contributed by atoms with Crippen molar-refractivity contribution in [2.45, 2.75) is 26.3 Å². The van der Waals surface area contributed by atoms with E-state index in [9.17, 15) is 4.79 Å². The van der Waals surface area contributed by atoms with Gasteiger partial charge in [0.15, 0.2) is 0 Å². The maximum absolute atomic E-state index is 11.0. The minimum atomic E-state index is -0.0729. The second kappa shape index (κ2) is 4.56. The first-order valence-electron chi connectivity index (χ1n) is 5.78. The summed E-state index contributed by atoms with van der Waals surface area (Å²) in [6.45, 7) is 5.12. The van der Waals surface area contributed by atoms with Crippen molar-refractivity contribution in [3.8, 4) is 0 Å². The fourth-order valence-electron chi connectivity index (χ4n) is 2.01. The fourth-order valence-corrected chi connectivity index (χ4v) is 2.01. The van der Waals surface area contributed by atoms with E-state index in [1.807, 2.05) is 0 Å². The smallest absolute Gasteiger partial charge is 0.315 e. The van der Waals surface area contributed by atoms with E-state index in [1.165, 1.54) is 11.1 Å². The Bertz CT molecular complexity index is 370. The number of benzene rings is 1. The quantitative estimate of drug-likeness (QED) is 0.802. The zero-order chi connectivity index (χ0) is 11.5. The Morgan fingerprint density at radius 3 is 2.50 bits per heavy atom. The standard InChI is InChI=1S/C13H18N2O/c1-9(2)7-10-3-5-11(6-4-10)12-8-14-13(16)15-12/h3-6,9,12H,7-8H2,1-2H3,(H2,14,15,16). The molecule has 2 N–H and O–H groups in total. The molecule has 1 atom stereocenters. The van der Waals surface area contributed by atoms with Crippen LogP contribution in [0.2, 0.25) is 0 Å². The van der Waals surface area contributed by atoms with E-state index in [1.54, 1.807) is 0 Å². The molecular weight excluding hydrogens is 200 g/mol. The third-order valence-electron chi connectivity index (χ3n) is 2.80. The molecule has 1 fully saturated rings. The second-order valence-corrected chi connectivity index (χ2v) is 4.75. The predicted molar refractivity (Wildman–Crippen MR) is 64.3 cm³/mol. The van der Waals surface area contributed by atoms with Crippen molar-refractivity contribution in [3.63, 3.8) is 0 Å². The summed E-state index contributed by atoms with van der Waals surface area (Å²) < 4.78 is 0. The van der Waals surface area contributed by atoms with Gasteiger partial charge in [0.2, 0.25) is 0 Å². The van der Waals surface area contributed by atoms with Crippen LogP contribution in [-0.2, 0) is 6.42 Å². The van der Waals surface area contributed by atoms with Crippen LogP contribution < -0.4 is 10.6 Å². The Labute approximate surface area is 96.2 Å². The normalized spacial score (nSPS) is 19.7. The molecule has 3 nitrogen and oxygen atoms in total. The Hall–Kier alpha value is -1.51. The SMILES string of the molecule is CC(C)Cc1ccc(C2CNC(=O)N2)cc1. The van der Waals surface area contributed by atoms with Gasteiger partial charge in [-0.1, -0.05) is 38.1 Å². The molecule has 1 aliphatic rings. The number of carbonyl (C=O) groups excluding carboxylic acids is 1. The van der Waals surface area contributed by atoms with E-state index in [2.05, 4.69) is 48.7 Å². The number of hydrogen-bond donors (Lipinski definition) is 2. The zero-order valence-corrected chi connectivity index (χ0v) is 9.79. The van der Waals surface area contributed by atoms with Gasteiger partial charge in [0.25, 0.3) is 0 Å².